The van der Waals surface area contributed by atoms with Gasteiger partial charge >= 0.3 is 0 Å². The summed E-state index contributed by atoms with van der Waals surface area (Å²) in [5, 5.41) is 6.78. The first-order valence-electron chi connectivity index (χ1n) is 8.12. The van der Waals surface area contributed by atoms with Crippen LogP contribution >= 0.6 is 11.3 Å². The van der Waals surface area contributed by atoms with Gasteiger partial charge in [0.05, 0.1) is 5.56 Å². The van der Waals surface area contributed by atoms with Gasteiger partial charge in [0.2, 0.25) is 5.76 Å². The maximum Gasteiger partial charge on any atom is 0.294 e. The second kappa shape index (κ2) is 6.03. The summed E-state index contributed by atoms with van der Waals surface area (Å²) in [7, 11) is 0. The number of nitrogens with one attached hydrogen (secondary N) is 2. The number of carbonyl (C=O) groups is 2. The fraction of sp³-hybridized carbons (Fsp3) is 0.529. The quantitative estimate of drug-likeness (QED) is 0.758. The van der Waals surface area contributed by atoms with E-state index in [4.69, 9.17) is 15.2 Å². The minimum atomic E-state index is -0.545. The number of ether oxygens (including phenoxy) is 2. The van der Waals surface area contributed by atoms with Crippen molar-refractivity contribution in [3.63, 3.8) is 0 Å². The van der Waals surface area contributed by atoms with Gasteiger partial charge in [-0.25, -0.2) is 0 Å². The minimum Gasteiger partial charge on any atom is -0.494 e. The molecular formula is C17H23N3O4S. The van der Waals surface area contributed by atoms with E-state index < -0.39 is 11.8 Å². The predicted molar refractivity (Wildman–Crippen MR) is 95.4 cm³/mol. The Morgan fingerprint density at radius 1 is 1.28 bits per heavy atom. The van der Waals surface area contributed by atoms with E-state index in [1.54, 1.807) is 0 Å². The Kier molecular flexibility index (Phi) is 4.28. The van der Waals surface area contributed by atoms with E-state index in [0.29, 0.717) is 30.2 Å². The summed E-state index contributed by atoms with van der Waals surface area (Å²) in [5.41, 5.74) is 6.40. The normalized spacial score (nSPS) is 20.6. The molecule has 0 aromatic carbocycles. The number of hydrogen-bond donors (Lipinski definition) is 3. The van der Waals surface area contributed by atoms with Gasteiger partial charge in [-0.05, 0) is 39.7 Å². The number of fused-ring (bicyclic) bond motifs is 1. The molecule has 0 unspecified atom stereocenters. The molecule has 3 heterocycles. The van der Waals surface area contributed by atoms with E-state index in [2.05, 4.69) is 38.3 Å². The summed E-state index contributed by atoms with van der Waals surface area (Å²) in [4.78, 5) is 25.5. The third kappa shape index (κ3) is 3.36. The fourth-order valence-corrected chi connectivity index (χ4v) is 4.81. The van der Waals surface area contributed by atoms with Crippen molar-refractivity contribution in [1.29, 1.82) is 0 Å². The summed E-state index contributed by atoms with van der Waals surface area (Å²) < 4.78 is 10.4. The van der Waals surface area contributed by atoms with Gasteiger partial charge in [-0.3, -0.25) is 9.59 Å². The highest BCUT2D eigenvalue weighted by Crippen LogP contribution is 2.44. The predicted octanol–water partition coefficient (Wildman–Crippen LogP) is 1.83. The van der Waals surface area contributed by atoms with E-state index in [1.807, 2.05) is 0 Å². The molecule has 2 amide bonds. The monoisotopic (exact) mass is 365 g/mol. The molecule has 2 aliphatic rings. The molecule has 0 saturated carbocycles. The summed E-state index contributed by atoms with van der Waals surface area (Å²) >= 11 is 1.37. The molecule has 25 heavy (non-hydrogen) atoms. The Morgan fingerprint density at radius 2 is 2.00 bits per heavy atom. The molecule has 3 rings (SSSR count). The molecule has 1 aromatic rings. The second-order valence-electron chi connectivity index (χ2n) is 7.44. The van der Waals surface area contributed by atoms with Gasteiger partial charge in [-0.15, -0.1) is 11.3 Å². The SMILES string of the molecule is CC1(C)Cc2c(sc(NC(=O)C3=COCCO3)c2C(N)=O)C(C)(C)N1. The fourth-order valence-electron chi connectivity index (χ4n) is 3.53. The molecule has 0 saturated heterocycles. The molecule has 7 nitrogen and oxygen atoms in total. The van der Waals surface area contributed by atoms with Crippen LogP contribution in [0.15, 0.2) is 12.0 Å². The van der Waals surface area contributed by atoms with Crippen LogP contribution in [0.25, 0.3) is 0 Å². The number of carbonyl (C=O) groups excluding carboxylic acids is 2. The van der Waals surface area contributed by atoms with Gasteiger partial charge in [0.1, 0.15) is 24.5 Å². The minimum absolute atomic E-state index is 0.0887. The lowest BCUT2D eigenvalue weighted by molar-refractivity contribution is -0.117. The van der Waals surface area contributed by atoms with Crippen LogP contribution in [0.2, 0.25) is 0 Å². The maximum absolute atomic E-state index is 12.4. The maximum atomic E-state index is 12.4. The first-order chi connectivity index (χ1) is 11.6. The molecule has 8 heteroatoms. The smallest absolute Gasteiger partial charge is 0.294 e. The van der Waals surface area contributed by atoms with E-state index >= 15 is 0 Å². The Morgan fingerprint density at radius 3 is 2.60 bits per heavy atom. The highest BCUT2D eigenvalue weighted by molar-refractivity contribution is 7.17. The van der Waals surface area contributed by atoms with Gasteiger partial charge in [0.25, 0.3) is 11.8 Å². The number of primary amides is 1. The van der Waals surface area contributed by atoms with Gasteiger partial charge in [-0.2, -0.15) is 0 Å². The van der Waals surface area contributed by atoms with Gasteiger partial charge < -0.3 is 25.8 Å². The van der Waals surface area contributed by atoms with E-state index in [9.17, 15) is 9.59 Å². The molecule has 0 aliphatic carbocycles. The van der Waals surface area contributed by atoms with Crippen molar-refractivity contribution in [3.05, 3.63) is 28.0 Å². The molecule has 4 N–H and O–H groups in total. The van der Waals surface area contributed by atoms with Crippen LogP contribution in [0.3, 0.4) is 0 Å². The molecule has 0 spiro atoms. The highest BCUT2D eigenvalue weighted by Gasteiger charge is 2.41. The summed E-state index contributed by atoms with van der Waals surface area (Å²) in [6, 6.07) is 0. The molecular weight excluding hydrogens is 342 g/mol. The van der Waals surface area contributed by atoms with Crippen molar-refractivity contribution >= 4 is 28.2 Å². The van der Waals surface area contributed by atoms with Crippen LogP contribution in [0.5, 0.6) is 0 Å². The topological polar surface area (TPSA) is 103 Å². The van der Waals surface area contributed by atoms with Crippen LogP contribution in [0, 0.1) is 0 Å². The van der Waals surface area contributed by atoms with Crippen LogP contribution in [-0.4, -0.2) is 30.6 Å². The van der Waals surface area contributed by atoms with Crippen molar-refractivity contribution in [2.45, 2.75) is 45.2 Å². The zero-order valence-corrected chi connectivity index (χ0v) is 15.6. The summed E-state index contributed by atoms with van der Waals surface area (Å²) in [5.74, 6) is -0.910. The van der Waals surface area contributed by atoms with Crippen molar-refractivity contribution < 1.29 is 19.1 Å². The molecule has 0 radical (unpaired) electrons. The first-order valence-corrected chi connectivity index (χ1v) is 8.93. The lowest BCUT2D eigenvalue weighted by atomic mass is 9.81. The standard InChI is InChI=1S/C17H23N3O4S/c1-16(2)7-9-11(13(18)21)15(25-12(9)17(3,4)20-16)19-14(22)10-8-23-5-6-24-10/h8,20H,5-7H2,1-4H3,(H2,18,21)(H,19,22). The molecule has 0 fully saturated rings. The zero-order chi connectivity index (χ0) is 18.4. The largest absolute Gasteiger partial charge is 0.494 e. The van der Waals surface area contributed by atoms with E-state index in [1.165, 1.54) is 17.6 Å². The van der Waals surface area contributed by atoms with Gasteiger partial charge in [0, 0.05) is 16.0 Å². The first kappa shape index (κ1) is 17.8. The Labute approximate surface area is 150 Å². The van der Waals surface area contributed by atoms with Crippen LogP contribution in [0.1, 0.15) is 48.5 Å². The zero-order valence-electron chi connectivity index (χ0n) is 14.8. The third-order valence-corrected chi connectivity index (χ3v) is 5.66. The second-order valence-corrected chi connectivity index (χ2v) is 8.46. The molecule has 0 atom stereocenters. The van der Waals surface area contributed by atoms with Crippen LogP contribution in [0.4, 0.5) is 5.00 Å². The number of anilines is 1. The molecule has 0 bridgehead atoms. The van der Waals surface area contributed by atoms with E-state index in [0.717, 1.165) is 10.4 Å². The lowest BCUT2D eigenvalue weighted by Gasteiger charge is -2.42. The summed E-state index contributed by atoms with van der Waals surface area (Å²) in [6.07, 6.45) is 1.93. The van der Waals surface area contributed by atoms with Gasteiger partial charge in [-0.1, -0.05) is 0 Å². The number of hydrogen-bond acceptors (Lipinski definition) is 6. The molecule has 2 aliphatic heterocycles. The molecule has 1 aromatic heterocycles. The number of amides is 2. The van der Waals surface area contributed by atoms with Crippen molar-refractivity contribution in [2.75, 3.05) is 18.5 Å². The van der Waals surface area contributed by atoms with Crippen molar-refractivity contribution in [1.82, 2.24) is 5.32 Å². The van der Waals surface area contributed by atoms with E-state index in [-0.39, 0.29) is 16.8 Å². The van der Waals surface area contributed by atoms with Gasteiger partial charge in [0.15, 0.2) is 0 Å². The van der Waals surface area contributed by atoms with Crippen molar-refractivity contribution in [3.8, 4) is 0 Å². The Hall–Kier alpha value is -2.06. The Bertz CT molecular complexity index is 764. The summed E-state index contributed by atoms with van der Waals surface area (Å²) in [6.45, 7) is 8.99. The van der Waals surface area contributed by atoms with Crippen LogP contribution in [-0.2, 0) is 26.2 Å². The molecule has 136 valence electrons. The van der Waals surface area contributed by atoms with Crippen LogP contribution < -0.4 is 16.4 Å². The number of rotatable bonds is 3. The third-order valence-electron chi connectivity index (χ3n) is 4.19. The van der Waals surface area contributed by atoms with Crippen molar-refractivity contribution in [2.24, 2.45) is 5.73 Å². The lowest BCUT2D eigenvalue weighted by Crippen LogP contribution is -2.55. The number of nitrogens with two attached hydrogens (primary N) is 1. The Balaban J connectivity index is 2.01. The number of thiophene rings is 1. The highest BCUT2D eigenvalue weighted by atomic mass is 32.1. The average Bonchev–Trinajstić information content (AvgIpc) is 2.85. The average molecular weight is 365 g/mol.